The standard InChI is InChI=1S/C13H19N3O/c1-9-4-5-10(14)6-12(9)13(17)16-7-11(8-16)15(2)3/h4-6,11H,7-8,14H2,1-3H3. The van der Waals surface area contributed by atoms with Crippen molar-refractivity contribution in [1.82, 2.24) is 9.80 Å². The Labute approximate surface area is 102 Å². The second kappa shape index (κ2) is 4.37. The summed E-state index contributed by atoms with van der Waals surface area (Å²) < 4.78 is 0. The topological polar surface area (TPSA) is 49.6 Å². The van der Waals surface area contributed by atoms with E-state index in [1.807, 2.05) is 38.1 Å². The second-order valence-electron chi connectivity index (χ2n) is 4.90. The van der Waals surface area contributed by atoms with Gasteiger partial charge in [0.2, 0.25) is 0 Å². The van der Waals surface area contributed by atoms with Crippen molar-refractivity contribution in [2.24, 2.45) is 0 Å². The van der Waals surface area contributed by atoms with Gasteiger partial charge in [0.25, 0.3) is 5.91 Å². The van der Waals surface area contributed by atoms with E-state index in [1.54, 1.807) is 6.07 Å². The number of amides is 1. The molecule has 0 spiro atoms. The van der Waals surface area contributed by atoms with Crippen LogP contribution in [0, 0.1) is 6.92 Å². The maximum Gasteiger partial charge on any atom is 0.254 e. The van der Waals surface area contributed by atoms with E-state index in [2.05, 4.69) is 4.90 Å². The first kappa shape index (κ1) is 11.9. The number of benzene rings is 1. The first-order valence-electron chi connectivity index (χ1n) is 5.81. The fourth-order valence-electron chi connectivity index (χ4n) is 1.99. The molecule has 1 aromatic carbocycles. The van der Waals surface area contributed by atoms with Gasteiger partial charge in [-0.1, -0.05) is 6.07 Å². The molecule has 1 aliphatic rings. The number of nitrogens with zero attached hydrogens (tertiary/aromatic N) is 2. The number of nitrogen functional groups attached to an aromatic ring is 1. The van der Waals surface area contributed by atoms with Gasteiger partial charge in [-0.15, -0.1) is 0 Å². The lowest BCUT2D eigenvalue weighted by molar-refractivity contribution is 0.0399. The highest BCUT2D eigenvalue weighted by molar-refractivity contribution is 5.97. The molecule has 4 nitrogen and oxygen atoms in total. The van der Waals surface area contributed by atoms with Crippen LogP contribution >= 0.6 is 0 Å². The summed E-state index contributed by atoms with van der Waals surface area (Å²) in [4.78, 5) is 16.2. The van der Waals surface area contributed by atoms with Crippen LogP contribution in [0.5, 0.6) is 0 Å². The molecular weight excluding hydrogens is 214 g/mol. The molecule has 1 saturated heterocycles. The lowest BCUT2D eigenvalue weighted by Gasteiger charge is -2.42. The molecule has 0 atom stereocenters. The molecule has 0 bridgehead atoms. The normalized spacial score (nSPS) is 16.1. The average Bonchev–Trinajstić information content (AvgIpc) is 2.18. The summed E-state index contributed by atoms with van der Waals surface area (Å²) in [6.45, 7) is 3.55. The molecule has 0 aliphatic carbocycles. The van der Waals surface area contributed by atoms with Crippen LogP contribution in [-0.4, -0.2) is 48.9 Å². The van der Waals surface area contributed by atoms with Crippen molar-refractivity contribution < 1.29 is 4.79 Å². The van der Waals surface area contributed by atoms with Gasteiger partial charge in [-0.3, -0.25) is 4.79 Å². The SMILES string of the molecule is Cc1ccc(N)cc1C(=O)N1CC(N(C)C)C1. The highest BCUT2D eigenvalue weighted by Crippen LogP contribution is 2.20. The number of aryl methyl sites for hydroxylation is 1. The van der Waals surface area contributed by atoms with Gasteiger partial charge in [-0.25, -0.2) is 0 Å². The highest BCUT2D eigenvalue weighted by atomic mass is 16.2. The van der Waals surface area contributed by atoms with Gasteiger partial charge in [0.15, 0.2) is 0 Å². The molecule has 0 aromatic heterocycles. The predicted octanol–water partition coefficient (Wildman–Crippen LogP) is 0.963. The number of likely N-dealkylation sites (tertiary alicyclic amines) is 1. The summed E-state index contributed by atoms with van der Waals surface area (Å²) in [5.74, 6) is 0.0906. The Morgan fingerprint density at radius 2 is 2.06 bits per heavy atom. The molecule has 1 amide bonds. The predicted molar refractivity (Wildman–Crippen MR) is 69.0 cm³/mol. The van der Waals surface area contributed by atoms with Crippen LogP contribution in [0.3, 0.4) is 0 Å². The smallest absolute Gasteiger partial charge is 0.254 e. The van der Waals surface area contributed by atoms with Crippen molar-refractivity contribution in [3.63, 3.8) is 0 Å². The zero-order chi connectivity index (χ0) is 12.6. The van der Waals surface area contributed by atoms with E-state index in [0.717, 1.165) is 24.2 Å². The minimum atomic E-state index is 0.0906. The Morgan fingerprint density at radius 3 is 2.65 bits per heavy atom. The molecule has 2 N–H and O–H groups in total. The Bertz CT molecular complexity index is 436. The van der Waals surface area contributed by atoms with Crippen LogP contribution in [0.15, 0.2) is 18.2 Å². The van der Waals surface area contributed by atoms with Crippen molar-refractivity contribution >= 4 is 11.6 Å². The van der Waals surface area contributed by atoms with Gasteiger partial charge >= 0.3 is 0 Å². The van der Waals surface area contributed by atoms with Gasteiger partial charge in [-0.05, 0) is 38.7 Å². The first-order chi connectivity index (χ1) is 7.99. The lowest BCUT2D eigenvalue weighted by Crippen LogP contribution is -2.59. The zero-order valence-electron chi connectivity index (χ0n) is 10.6. The van der Waals surface area contributed by atoms with Crippen molar-refractivity contribution in [2.45, 2.75) is 13.0 Å². The number of nitrogens with two attached hydrogens (primary N) is 1. The third-order valence-electron chi connectivity index (χ3n) is 3.37. The van der Waals surface area contributed by atoms with E-state index in [0.29, 0.717) is 11.7 Å². The van der Waals surface area contributed by atoms with Gasteiger partial charge in [0, 0.05) is 30.4 Å². The Kier molecular flexibility index (Phi) is 3.07. The molecular formula is C13H19N3O. The van der Waals surface area contributed by atoms with Gasteiger partial charge in [-0.2, -0.15) is 0 Å². The van der Waals surface area contributed by atoms with E-state index < -0.39 is 0 Å². The maximum atomic E-state index is 12.2. The highest BCUT2D eigenvalue weighted by Gasteiger charge is 2.32. The van der Waals surface area contributed by atoms with Crippen molar-refractivity contribution in [3.8, 4) is 0 Å². The summed E-state index contributed by atoms with van der Waals surface area (Å²) in [5, 5.41) is 0. The molecule has 1 aromatic rings. The minimum absolute atomic E-state index is 0.0906. The van der Waals surface area contributed by atoms with Crippen LogP contribution in [0.4, 0.5) is 5.69 Å². The average molecular weight is 233 g/mol. The fraction of sp³-hybridized carbons (Fsp3) is 0.462. The van der Waals surface area contributed by atoms with Crippen LogP contribution in [0.2, 0.25) is 0 Å². The largest absolute Gasteiger partial charge is 0.399 e. The van der Waals surface area contributed by atoms with Gasteiger partial charge in [0.05, 0.1) is 0 Å². The second-order valence-corrected chi connectivity index (χ2v) is 4.90. The minimum Gasteiger partial charge on any atom is -0.399 e. The number of hydrogen-bond donors (Lipinski definition) is 1. The van der Waals surface area contributed by atoms with E-state index in [1.165, 1.54) is 0 Å². The van der Waals surface area contributed by atoms with Crippen molar-refractivity contribution in [2.75, 3.05) is 32.9 Å². The summed E-state index contributed by atoms with van der Waals surface area (Å²) in [6, 6.07) is 5.97. The van der Waals surface area contributed by atoms with Crippen LogP contribution in [0.1, 0.15) is 15.9 Å². The Balaban J connectivity index is 2.09. The number of hydrogen-bond acceptors (Lipinski definition) is 3. The number of anilines is 1. The van der Waals surface area contributed by atoms with E-state index in [-0.39, 0.29) is 5.91 Å². The summed E-state index contributed by atoms with van der Waals surface area (Å²) >= 11 is 0. The molecule has 2 rings (SSSR count). The molecule has 0 unspecified atom stereocenters. The molecule has 17 heavy (non-hydrogen) atoms. The molecule has 1 fully saturated rings. The molecule has 4 heteroatoms. The lowest BCUT2D eigenvalue weighted by atomic mass is 10.0. The number of rotatable bonds is 2. The molecule has 1 aliphatic heterocycles. The monoisotopic (exact) mass is 233 g/mol. The number of carbonyl (C=O) groups excluding carboxylic acids is 1. The van der Waals surface area contributed by atoms with Crippen LogP contribution in [-0.2, 0) is 0 Å². The van der Waals surface area contributed by atoms with E-state index in [4.69, 9.17) is 5.73 Å². The maximum absolute atomic E-state index is 12.2. The quantitative estimate of drug-likeness (QED) is 0.774. The van der Waals surface area contributed by atoms with Gasteiger partial charge in [0.1, 0.15) is 0 Å². The summed E-state index contributed by atoms with van der Waals surface area (Å²) in [5.41, 5.74) is 8.07. The fourth-order valence-corrected chi connectivity index (χ4v) is 1.99. The summed E-state index contributed by atoms with van der Waals surface area (Å²) in [7, 11) is 4.08. The van der Waals surface area contributed by atoms with Crippen LogP contribution < -0.4 is 5.73 Å². The number of likely N-dealkylation sites (N-methyl/N-ethyl adjacent to an activating group) is 1. The molecule has 0 radical (unpaired) electrons. The third-order valence-corrected chi connectivity index (χ3v) is 3.37. The summed E-state index contributed by atoms with van der Waals surface area (Å²) in [6.07, 6.45) is 0. The zero-order valence-corrected chi connectivity index (χ0v) is 10.6. The third kappa shape index (κ3) is 2.26. The Morgan fingerprint density at radius 1 is 1.41 bits per heavy atom. The van der Waals surface area contributed by atoms with Crippen molar-refractivity contribution in [3.05, 3.63) is 29.3 Å². The molecule has 92 valence electrons. The van der Waals surface area contributed by atoms with E-state index >= 15 is 0 Å². The first-order valence-corrected chi connectivity index (χ1v) is 5.81. The van der Waals surface area contributed by atoms with Gasteiger partial charge < -0.3 is 15.5 Å². The Hall–Kier alpha value is -1.55. The van der Waals surface area contributed by atoms with Crippen LogP contribution in [0.25, 0.3) is 0 Å². The van der Waals surface area contributed by atoms with E-state index in [9.17, 15) is 4.79 Å². The van der Waals surface area contributed by atoms with Crippen molar-refractivity contribution in [1.29, 1.82) is 0 Å². The molecule has 1 heterocycles. The molecule has 0 saturated carbocycles. The number of carbonyl (C=O) groups is 1.